The van der Waals surface area contributed by atoms with Gasteiger partial charge in [-0.15, -0.1) is 0 Å². The fourth-order valence-corrected chi connectivity index (χ4v) is 4.40. The lowest BCUT2D eigenvalue weighted by Crippen LogP contribution is -2.48. The standard InChI is InChI=1S/C28H31NO4/c1-21(29-17-15-28(31,16-18-29)24-11-7-4-8-12-24)27(30)23-13-14-25(26(19-23)32-2)33-20-22-9-5-3-6-10-22/h3-14,19,21,31H,15-18,20H2,1-2H3. The molecule has 1 aliphatic heterocycles. The zero-order valence-corrected chi connectivity index (χ0v) is 19.2. The summed E-state index contributed by atoms with van der Waals surface area (Å²) in [4.78, 5) is 15.4. The largest absolute Gasteiger partial charge is 0.493 e. The molecule has 5 heteroatoms. The second-order valence-corrected chi connectivity index (χ2v) is 8.61. The molecule has 3 aromatic rings. The third kappa shape index (κ3) is 5.27. The Bertz CT molecular complexity index is 1060. The number of hydrogen-bond donors (Lipinski definition) is 1. The number of rotatable bonds is 8. The van der Waals surface area contributed by atoms with Gasteiger partial charge in [0.05, 0.1) is 18.8 Å². The second-order valence-electron chi connectivity index (χ2n) is 8.61. The molecule has 1 fully saturated rings. The minimum absolute atomic E-state index is 0.0352. The first-order valence-electron chi connectivity index (χ1n) is 11.4. The van der Waals surface area contributed by atoms with Crippen molar-refractivity contribution < 1.29 is 19.4 Å². The zero-order chi connectivity index (χ0) is 23.3. The third-order valence-electron chi connectivity index (χ3n) is 6.55. The number of ketones is 1. The Balaban J connectivity index is 1.40. The minimum atomic E-state index is -0.832. The summed E-state index contributed by atoms with van der Waals surface area (Å²) in [5.74, 6) is 1.19. The highest BCUT2D eigenvalue weighted by Crippen LogP contribution is 2.34. The van der Waals surface area contributed by atoms with Gasteiger partial charge in [-0.2, -0.15) is 0 Å². The molecule has 0 radical (unpaired) electrons. The molecule has 1 atom stereocenters. The van der Waals surface area contributed by atoms with E-state index in [2.05, 4.69) is 4.90 Å². The van der Waals surface area contributed by atoms with Gasteiger partial charge in [0.25, 0.3) is 0 Å². The average Bonchev–Trinajstić information content (AvgIpc) is 2.88. The summed E-state index contributed by atoms with van der Waals surface area (Å²) in [5.41, 5.74) is 1.77. The van der Waals surface area contributed by atoms with E-state index in [-0.39, 0.29) is 11.8 Å². The number of hydrogen-bond acceptors (Lipinski definition) is 5. The Kier molecular flexibility index (Phi) is 7.11. The smallest absolute Gasteiger partial charge is 0.179 e. The predicted molar refractivity (Wildman–Crippen MR) is 129 cm³/mol. The summed E-state index contributed by atoms with van der Waals surface area (Å²) in [5, 5.41) is 11.1. The molecule has 172 valence electrons. The molecule has 5 nitrogen and oxygen atoms in total. The molecule has 0 aliphatic carbocycles. The van der Waals surface area contributed by atoms with Gasteiger partial charge in [0.1, 0.15) is 6.61 Å². The highest BCUT2D eigenvalue weighted by molar-refractivity contribution is 6.00. The van der Waals surface area contributed by atoms with Gasteiger partial charge in [-0.1, -0.05) is 60.7 Å². The van der Waals surface area contributed by atoms with Gasteiger partial charge < -0.3 is 14.6 Å². The van der Waals surface area contributed by atoms with Gasteiger partial charge in [-0.05, 0) is 49.1 Å². The number of piperidine rings is 1. The van der Waals surface area contributed by atoms with Crippen LogP contribution < -0.4 is 9.47 Å². The maximum Gasteiger partial charge on any atom is 0.179 e. The van der Waals surface area contributed by atoms with E-state index in [1.54, 1.807) is 25.3 Å². The number of Topliss-reactive ketones (excluding diaryl/α,β-unsaturated/α-hetero) is 1. The van der Waals surface area contributed by atoms with E-state index < -0.39 is 5.60 Å². The molecule has 3 aromatic carbocycles. The van der Waals surface area contributed by atoms with Crippen LogP contribution in [0.25, 0.3) is 0 Å². The van der Waals surface area contributed by atoms with Crippen molar-refractivity contribution in [1.29, 1.82) is 0 Å². The quantitative estimate of drug-likeness (QED) is 0.504. The van der Waals surface area contributed by atoms with Crippen LogP contribution >= 0.6 is 0 Å². The molecule has 1 saturated heterocycles. The molecule has 0 saturated carbocycles. The second kappa shape index (κ2) is 10.2. The number of nitrogens with zero attached hydrogens (tertiary/aromatic N) is 1. The van der Waals surface area contributed by atoms with E-state index in [1.165, 1.54) is 0 Å². The summed E-state index contributed by atoms with van der Waals surface area (Å²) >= 11 is 0. The van der Waals surface area contributed by atoms with E-state index in [9.17, 15) is 9.90 Å². The van der Waals surface area contributed by atoms with Gasteiger partial charge in [-0.25, -0.2) is 0 Å². The Labute approximate surface area is 195 Å². The Morgan fingerprint density at radius 1 is 0.970 bits per heavy atom. The molecule has 0 bridgehead atoms. The molecule has 1 aliphatic rings. The SMILES string of the molecule is COc1cc(C(=O)C(C)N2CCC(O)(c3ccccc3)CC2)ccc1OCc1ccccc1. The van der Waals surface area contributed by atoms with Crippen LogP contribution in [0.4, 0.5) is 0 Å². The van der Waals surface area contributed by atoms with Crippen LogP contribution in [0.3, 0.4) is 0 Å². The Morgan fingerprint density at radius 3 is 2.24 bits per heavy atom. The van der Waals surface area contributed by atoms with Crippen LogP contribution in [0.2, 0.25) is 0 Å². The van der Waals surface area contributed by atoms with E-state index >= 15 is 0 Å². The first-order valence-corrected chi connectivity index (χ1v) is 11.4. The van der Waals surface area contributed by atoms with Crippen LogP contribution in [0, 0.1) is 0 Å². The topological polar surface area (TPSA) is 59.0 Å². The van der Waals surface area contributed by atoms with Gasteiger partial charge in [0.15, 0.2) is 17.3 Å². The van der Waals surface area contributed by atoms with E-state index in [1.807, 2.05) is 67.6 Å². The maximum atomic E-state index is 13.2. The average molecular weight is 446 g/mol. The van der Waals surface area contributed by atoms with Gasteiger partial charge in [0.2, 0.25) is 0 Å². The number of carbonyl (C=O) groups excluding carboxylic acids is 1. The van der Waals surface area contributed by atoms with Crippen molar-refractivity contribution in [3.8, 4) is 11.5 Å². The molecule has 33 heavy (non-hydrogen) atoms. The van der Waals surface area contributed by atoms with Gasteiger partial charge in [0, 0.05) is 18.7 Å². The Hall–Kier alpha value is -3.15. The van der Waals surface area contributed by atoms with Crippen molar-refractivity contribution in [3.63, 3.8) is 0 Å². The number of aliphatic hydroxyl groups is 1. The Morgan fingerprint density at radius 2 is 1.61 bits per heavy atom. The number of carbonyl (C=O) groups is 1. The van der Waals surface area contributed by atoms with Crippen molar-refractivity contribution in [2.75, 3.05) is 20.2 Å². The first kappa shape index (κ1) is 23.0. The monoisotopic (exact) mass is 445 g/mol. The van der Waals surface area contributed by atoms with Gasteiger partial charge in [-0.3, -0.25) is 9.69 Å². The fourth-order valence-electron chi connectivity index (χ4n) is 4.40. The highest BCUT2D eigenvalue weighted by atomic mass is 16.5. The highest BCUT2D eigenvalue weighted by Gasteiger charge is 2.36. The maximum absolute atomic E-state index is 13.2. The molecule has 1 N–H and O–H groups in total. The molecule has 0 amide bonds. The fraction of sp³-hybridized carbons (Fsp3) is 0.321. The van der Waals surface area contributed by atoms with E-state index in [0.717, 1.165) is 11.1 Å². The third-order valence-corrected chi connectivity index (χ3v) is 6.55. The summed E-state index contributed by atoms with van der Waals surface area (Å²) in [7, 11) is 1.58. The summed E-state index contributed by atoms with van der Waals surface area (Å²) < 4.78 is 11.4. The van der Waals surface area contributed by atoms with Crippen LogP contribution in [-0.4, -0.2) is 42.0 Å². The summed E-state index contributed by atoms with van der Waals surface area (Å²) in [6.07, 6.45) is 1.20. The lowest BCUT2D eigenvalue weighted by atomic mass is 9.84. The van der Waals surface area contributed by atoms with Crippen LogP contribution in [-0.2, 0) is 12.2 Å². The number of methoxy groups -OCH3 is 1. The molecule has 1 unspecified atom stereocenters. The van der Waals surface area contributed by atoms with Crippen molar-refractivity contribution in [2.45, 2.75) is 38.0 Å². The summed E-state index contributed by atoms with van der Waals surface area (Å²) in [6, 6.07) is 24.8. The van der Waals surface area contributed by atoms with Crippen molar-refractivity contribution in [3.05, 3.63) is 95.6 Å². The molecule has 1 heterocycles. The van der Waals surface area contributed by atoms with Crippen LogP contribution in [0.5, 0.6) is 11.5 Å². The molecule has 0 spiro atoms. The van der Waals surface area contributed by atoms with E-state index in [4.69, 9.17) is 9.47 Å². The lowest BCUT2D eigenvalue weighted by molar-refractivity contribution is -0.0318. The number of ether oxygens (including phenoxy) is 2. The number of likely N-dealkylation sites (tertiary alicyclic amines) is 1. The molecular weight excluding hydrogens is 414 g/mol. The molecule has 4 rings (SSSR count). The number of benzene rings is 3. The lowest BCUT2D eigenvalue weighted by Gasteiger charge is -2.40. The van der Waals surface area contributed by atoms with Crippen LogP contribution in [0.15, 0.2) is 78.9 Å². The molecule has 0 aromatic heterocycles. The van der Waals surface area contributed by atoms with E-state index in [0.29, 0.717) is 49.6 Å². The zero-order valence-electron chi connectivity index (χ0n) is 19.2. The minimum Gasteiger partial charge on any atom is -0.493 e. The normalized spacial score (nSPS) is 16.7. The van der Waals surface area contributed by atoms with Crippen LogP contribution in [0.1, 0.15) is 41.3 Å². The van der Waals surface area contributed by atoms with Crippen molar-refractivity contribution >= 4 is 5.78 Å². The molecular formula is C28H31NO4. The van der Waals surface area contributed by atoms with Crippen molar-refractivity contribution in [2.24, 2.45) is 0 Å². The summed E-state index contributed by atoms with van der Waals surface area (Å²) in [6.45, 7) is 3.68. The van der Waals surface area contributed by atoms with Crippen molar-refractivity contribution in [1.82, 2.24) is 4.90 Å². The predicted octanol–water partition coefficient (Wildman–Crippen LogP) is 4.83. The first-order chi connectivity index (χ1) is 16.0. The van der Waals surface area contributed by atoms with Gasteiger partial charge >= 0.3 is 0 Å².